The summed E-state index contributed by atoms with van der Waals surface area (Å²) in [6.45, 7) is 4.59. The van der Waals surface area contributed by atoms with Gasteiger partial charge in [-0.25, -0.2) is 4.79 Å². The Labute approximate surface area is 182 Å². The number of primary amides is 1. The third-order valence-electron chi connectivity index (χ3n) is 5.20. The third-order valence-corrected chi connectivity index (χ3v) is 5.71. The molecule has 10 heteroatoms. The van der Waals surface area contributed by atoms with Crippen molar-refractivity contribution >= 4 is 29.2 Å². The van der Waals surface area contributed by atoms with Crippen molar-refractivity contribution in [2.75, 3.05) is 33.5 Å². The molecule has 168 valence electrons. The monoisotopic (exact) mass is 441 g/mol. The van der Waals surface area contributed by atoms with Crippen LogP contribution >= 0.6 is 11.7 Å². The topological polar surface area (TPSA) is 132 Å². The number of hydrogen-bond acceptors (Lipinski definition) is 7. The molecule has 0 fully saturated rings. The molecule has 0 saturated heterocycles. The van der Waals surface area contributed by atoms with Crippen LogP contribution in [0.2, 0.25) is 0 Å². The summed E-state index contributed by atoms with van der Waals surface area (Å²) in [6.07, 6.45) is 8.01. The van der Waals surface area contributed by atoms with Crippen molar-refractivity contribution in [3.8, 4) is 5.88 Å². The molecule has 30 heavy (non-hydrogen) atoms. The highest BCUT2D eigenvalue weighted by Crippen LogP contribution is 2.30. The Morgan fingerprint density at radius 2 is 2.13 bits per heavy atom. The predicted molar refractivity (Wildman–Crippen MR) is 114 cm³/mol. The molecule has 2 atom stereocenters. The van der Waals surface area contributed by atoms with Gasteiger partial charge in [-0.2, -0.15) is 4.37 Å². The van der Waals surface area contributed by atoms with Crippen molar-refractivity contribution in [1.29, 1.82) is 0 Å². The fraction of sp³-hybridized carbons (Fsp3) is 0.700. The molecule has 1 aromatic heterocycles. The number of rotatable bonds is 13. The second-order valence-corrected chi connectivity index (χ2v) is 8.67. The van der Waals surface area contributed by atoms with Crippen LogP contribution in [0.3, 0.4) is 0 Å². The van der Waals surface area contributed by atoms with Crippen LogP contribution in [0, 0.1) is 0 Å². The molecule has 0 bridgehead atoms. The van der Waals surface area contributed by atoms with Crippen LogP contribution in [0.15, 0.2) is 6.08 Å². The smallest absolute Gasteiger partial charge is 0.369 e. The van der Waals surface area contributed by atoms with Gasteiger partial charge in [0, 0.05) is 24.8 Å². The number of carbonyl (C=O) groups is 2. The van der Waals surface area contributed by atoms with Crippen LogP contribution in [0.25, 0.3) is 5.57 Å². The lowest BCUT2D eigenvalue weighted by Gasteiger charge is -2.36. The molecule has 1 aliphatic heterocycles. The van der Waals surface area contributed by atoms with Gasteiger partial charge >= 0.3 is 5.97 Å². The van der Waals surface area contributed by atoms with Crippen LogP contribution in [0.5, 0.6) is 5.88 Å². The number of ether oxygens (including phenoxy) is 2. The molecule has 2 heterocycles. The summed E-state index contributed by atoms with van der Waals surface area (Å²) < 4.78 is 20.7. The van der Waals surface area contributed by atoms with E-state index in [1.807, 2.05) is 7.05 Å². The van der Waals surface area contributed by atoms with E-state index >= 15 is 0 Å². The average molecular weight is 442 g/mol. The summed E-state index contributed by atoms with van der Waals surface area (Å²) in [6, 6.07) is -0.598. The van der Waals surface area contributed by atoms with Crippen LogP contribution in [-0.2, 0) is 14.3 Å². The second-order valence-electron chi connectivity index (χ2n) is 8.14. The lowest BCUT2D eigenvalue weighted by molar-refractivity contribution is -0.919. The van der Waals surface area contributed by atoms with E-state index in [9.17, 15) is 9.59 Å². The standard InChI is InChI=1S/C20H33N5O4S/c1-3-4-5-6-12-28-19-18(23-30-24-19)15-8-7-11-25(2,13-15)14-29-20(27)16(21)9-10-17(22)26/h8,16H,3-7,9-14,21H2,1-2H3,(H-,22,26)/p+2/t16-,25?/m0/s1. The van der Waals surface area contributed by atoms with Crippen LogP contribution < -0.4 is 16.2 Å². The molecule has 1 unspecified atom stereocenters. The van der Waals surface area contributed by atoms with E-state index in [4.69, 9.17) is 15.2 Å². The summed E-state index contributed by atoms with van der Waals surface area (Å²) >= 11 is 1.15. The number of likely N-dealkylation sites (N-methyl/N-ethyl adjacent to an activating group) is 1. The Kier molecular flexibility index (Phi) is 9.67. The number of nitrogens with zero attached hydrogens (tertiary/aromatic N) is 3. The van der Waals surface area contributed by atoms with E-state index < -0.39 is 17.9 Å². The summed E-state index contributed by atoms with van der Waals surface area (Å²) in [7, 11) is 2.05. The van der Waals surface area contributed by atoms with Gasteiger partial charge in [0.2, 0.25) is 12.6 Å². The SMILES string of the molecule is CCCCCCOc1nsnc1C1=CCC[N+](C)(COC(=O)[C@@H]([NH3+])CCC(N)=O)C1. The van der Waals surface area contributed by atoms with Gasteiger partial charge in [-0.3, -0.25) is 9.28 Å². The summed E-state index contributed by atoms with van der Waals surface area (Å²) in [4.78, 5) is 23.1. The van der Waals surface area contributed by atoms with Crippen molar-refractivity contribution in [3.05, 3.63) is 11.8 Å². The zero-order chi connectivity index (χ0) is 22.0. The van der Waals surface area contributed by atoms with E-state index in [1.54, 1.807) is 0 Å². The van der Waals surface area contributed by atoms with Crippen LogP contribution in [0.1, 0.15) is 57.6 Å². The molecule has 0 aromatic carbocycles. The first kappa shape index (κ1) is 24.2. The third kappa shape index (κ3) is 7.66. The van der Waals surface area contributed by atoms with Crippen molar-refractivity contribution < 1.29 is 29.3 Å². The van der Waals surface area contributed by atoms with E-state index in [1.165, 1.54) is 12.8 Å². The minimum absolute atomic E-state index is 0.125. The van der Waals surface area contributed by atoms with Crippen molar-refractivity contribution in [2.45, 2.75) is 57.9 Å². The molecule has 1 aliphatic rings. The predicted octanol–water partition coefficient (Wildman–Crippen LogP) is 1.11. The number of quaternary nitrogens is 2. The molecule has 5 N–H and O–H groups in total. The zero-order valence-electron chi connectivity index (χ0n) is 18.1. The maximum Gasteiger partial charge on any atom is 0.369 e. The molecule has 0 saturated carbocycles. The highest BCUT2D eigenvalue weighted by atomic mass is 32.1. The quantitative estimate of drug-likeness (QED) is 0.268. The lowest BCUT2D eigenvalue weighted by atomic mass is 10.1. The number of hydrogen-bond donors (Lipinski definition) is 2. The van der Waals surface area contributed by atoms with Gasteiger partial charge in [0.15, 0.2) is 6.04 Å². The largest absolute Gasteiger partial charge is 0.475 e. The number of esters is 1. The minimum Gasteiger partial charge on any atom is -0.475 e. The van der Waals surface area contributed by atoms with Gasteiger partial charge in [-0.05, 0) is 6.42 Å². The molecule has 0 spiro atoms. The van der Waals surface area contributed by atoms with Crippen LogP contribution in [0.4, 0.5) is 0 Å². The average Bonchev–Trinajstić information content (AvgIpc) is 3.18. The number of unbranched alkanes of at least 4 members (excludes halogenated alkanes) is 3. The van der Waals surface area contributed by atoms with Gasteiger partial charge in [0.1, 0.15) is 12.2 Å². The van der Waals surface area contributed by atoms with Gasteiger partial charge in [-0.1, -0.05) is 32.3 Å². The Balaban J connectivity index is 1.88. The Morgan fingerprint density at radius 3 is 2.87 bits per heavy atom. The van der Waals surface area contributed by atoms with E-state index in [0.29, 0.717) is 29.9 Å². The normalized spacial score (nSPS) is 19.8. The lowest BCUT2D eigenvalue weighted by Crippen LogP contribution is -2.66. The Hall–Kier alpha value is -2.04. The maximum atomic E-state index is 12.2. The van der Waals surface area contributed by atoms with E-state index in [2.05, 4.69) is 27.5 Å². The first-order valence-corrected chi connectivity index (χ1v) is 11.3. The zero-order valence-corrected chi connectivity index (χ0v) is 18.9. The molecule has 2 rings (SSSR count). The molecular weight excluding hydrogens is 406 g/mol. The Morgan fingerprint density at radius 1 is 1.33 bits per heavy atom. The maximum absolute atomic E-state index is 12.2. The van der Waals surface area contributed by atoms with Crippen molar-refractivity contribution in [2.24, 2.45) is 5.73 Å². The van der Waals surface area contributed by atoms with Gasteiger partial charge in [0.25, 0.3) is 5.88 Å². The van der Waals surface area contributed by atoms with Gasteiger partial charge < -0.3 is 20.9 Å². The minimum atomic E-state index is -0.598. The first-order chi connectivity index (χ1) is 14.3. The highest BCUT2D eigenvalue weighted by Gasteiger charge is 2.32. The molecule has 9 nitrogen and oxygen atoms in total. The number of amides is 1. The number of carbonyl (C=O) groups excluding carboxylic acids is 2. The van der Waals surface area contributed by atoms with Crippen molar-refractivity contribution in [3.63, 3.8) is 0 Å². The molecular formula is C20H35N5O4S+2. The van der Waals surface area contributed by atoms with E-state index in [0.717, 1.165) is 48.8 Å². The second kappa shape index (κ2) is 12.0. The van der Waals surface area contributed by atoms with E-state index in [-0.39, 0.29) is 13.2 Å². The molecule has 0 radical (unpaired) electrons. The Bertz CT molecular complexity index is 739. The number of aromatic nitrogens is 2. The molecule has 1 aromatic rings. The van der Waals surface area contributed by atoms with Gasteiger partial charge in [0.05, 0.1) is 31.9 Å². The fourth-order valence-electron chi connectivity index (χ4n) is 3.33. The number of nitrogens with two attached hydrogens (primary N) is 1. The fourth-order valence-corrected chi connectivity index (χ4v) is 3.86. The first-order valence-electron chi connectivity index (χ1n) is 10.6. The molecule has 1 amide bonds. The summed E-state index contributed by atoms with van der Waals surface area (Å²) in [5.74, 6) is -0.253. The van der Waals surface area contributed by atoms with Crippen LogP contribution in [-0.4, -0.2) is 64.6 Å². The summed E-state index contributed by atoms with van der Waals surface area (Å²) in [5, 5.41) is 0. The van der Waals surface area contributed by atoms with Gasteiger partial charge in [-0.15, -0.1) is 4.37 Å². The molecule has 0 aliphatic carbocycles. The highest BCUT2D eigenvalue weighted by molar-refractivity contribution is 6.99. The summed E-state index contributed by atoms with van der Waals surface area (Å²) in [5.41, 5.74) is 10.8. The van der Waals surface area contributed by atoms with Crippen molar-refractivity contribution in [1.82, 2.24) is 8.75 Å².